The number of hydrogen-bond acceptors (Lipinski definition) is 5. The Bertz CT molecular complexity index is 1150. The highest BCUT2D eigenvalue weighted by atomic mass is 35.5. The van der Waals surface area contributed by atoms with Crippen molar-refractivity contribution in [2.24, 2.45) is 5.92 Å². The number of H-pyrrole nitrogens is 1. The molecule has 2 heterocycles. The Morgan fingerprint density at radius 3 is 2.78 bits per heavy atom. The van der Waals surface area contributed by atoms with Gasteiger partial charge in [-0.1, -0.05) is 37.6 Å². The highest BCUT2D eigenvalue weighted by Crippen LogP contribution is 2.39. The molecule has 1 amide bonds. The van der Waals surface area contributed by atoms with E-state index >= 15 is 0 Å². The lowest BCUT2D eigenvalue weighted by molar-refractivity contribution is 0.0797. The maximum Gasteiger partial charge on any atom is 0.410 e. The first-order chi connectivity index (χ1) is 17.5. The molecular formula is C28H38ClN3O4. The van der Waals surface area contributed by atoms with E-state index in [-0.39, 0.29) is 26.1 Å². The minimum atomic E-state index is -0.300. The summed E-state index contributed by atoms with van der Waals surface area (Å²) >= 11 is 6.30. The molecule has 0 radical (unpaired) electrons. The second kappa shape index (κ2) is 12.5. The Morgan fingerprint density at radius 1 is 1.22 bits per heavy atom. The van der Waals surface area contributed by atoms with Crippen molar-refractivity contribution in [2.45, 2.75) is 39.2 Å². The molecule has 1 aliphatic rings. The van der Waals surface area contributed by atoms with E-state index in [4.69, 9.17) is 26.2 Å². The van der Waals surface area contributed by atoms with Crippen molar-refractivity contribution in [1.29, 1.82) is 0 Å². The van der Waals surface area contributed by atoms with E-state index in [9.17, 15) is 4.79 Å². The van der Waals surface area contributed by atoms with Crippen molar-refractivity contribution in [2.75, 3.05) is 39.5 Å². The monoisotopic (exact) mass is 515 g/mol. The highest BCUT2D eigenvalue weighted by molar-refractivity contribution is 6.31. The molecule has 1 atom stereocenters. The lowest BCUT2D eigenvalue weighted by atomic mass is 9.92. The van der Waals surface area contributed by atoms with Gasteiger partial charge in [-0.05, 0) is 73.2 Å². The fraction of sp³-hybridized carbons (Fsp3) is 0.464. The molecule has 0 bridgehead atoms. The topological polar surface area (TPSA) is 86.8 Å². The molecular weight excluding hydrogens is 478 g/mol. The van der Waals surface area contributed by atoms with Gasteiger partial charge in [0.05, 0.1) is 19.8 Å². The smallest absolute Gasteiger partial charge is 0.410 e. The van der Waals surface area contributed by atoms with Crippen LogP contribution in [0.25, 0.3) is 10.9 Å². The van der Waals surface area contributed by atoms with Gasteiger partial charge in [0.15, 0.2) is 0 Å². The van der Waals surface area contributed by atoms with Crippen molar-refractivity contribution in [3.05, 3.63) is 64.3 Å². The third-order valence-electron chi connectivity index (χ3n) is 6.36. The third kappa shape index (κ3) is 6.33. The number of carbonyl (C=O) groups excluding carboxylic acids is 1. The molecule has 0 spiro atoms. The number of halogens is 1. The number of aromatic nitrogens is 1. The number of nitrogens with zero attached hydrogens (tertiary/aromatic N) is 1. The van der Waals surface area contributed by atoms with Gasteiger partial charge in [0.25, 0.3) is 0 Å². The summed E-state index contributed by atoms with van der Waals surface area (Å²) in [7, 11) is 0. The van der Waals surface area contributed by atoms with Crippen molar-refractivity contribution in [1.82, 2.24) is 15.2 Å². The van der Waals surface area contributed by atoms with E-state index in [1.54, 1.807) is 0 Å². The molecule has 4 rings (SSSR count). The average molecular weight is 516 g/mol. The predicted octanol–water partition coefficient (Wildman–Crippen LogP) is 5.55. The van der Waals surface area contributed by atoms with E-state index in [1.165, 1.54) is 5.56 Å². The van der Waals surface area contributed by atoms with Gasteiger partial charge in [0.1, 0.15) is 11.8 Å². The van der Waals surface area contributed by atoms with Crippen molar-refractivity contribution in [3.8, 4) is 5.75 Å². The molecule has 0 aliphatic carbocycles. The van der Waals surface area contributed by atoms with Crippen molar-refractivity contribution >= 4 is 28.6 Å². The zero-order valence-electron chi connectivity index (χ0n) is 21.1. The van der Waals surface area contributed by atoms with E-state index in [0.717, 1.165) is 53.7 Å². The van der Waals surface area contributed by atoms with E-state index in [1.807, 2.05) is 61.2 Å². The predicted molar refractivity (Wildman–Crippen MR) is 145 cm³/mol. The molecule has 1 aromatic heterocycles. The first-order valence-corrected chi connectivity index (χ1v) is 13.1. The van der Waals surface area contributed by atoms with Gasteiger partial charge in [0.2, 0.25) is 0 Å². The van der Waals surface area contributed by atoms with Gasteiger partial charge < -0.3 is 24.9 Å². The quantitative estimate of drug-likeness (QED) is 0.291. The van der Waals surface area contributed by atoms with E-state index in [2.05, 4.69) is 10.3 Å². The number of rotatable bonds is 11. The highest BCUT2D eigenvalue weighted by Gasteiger charge is 2.35. The number of hydrogen-bond donors (Lipinski definition) is 3. The molecule has 36 heavy (non-hydrogen) atoms. The molecule has 0 saturated heterocycles. The molecule has 7 nitrogen and oxygen atoms in total. The van der Waals surface area contributed by atoms with Crippen molar-refractivity contribution in [3.63, 3.8) is 0 Å². The Kier molecular flexibility index (Phi) is 9.13. The van der Waals surface area contributed by atoms with Gasteiger partial charge in [-0.25, -0.2) is 4.79 Å². The van der Waals surface area contributed by atoms with Crippen LogP contribution in [0.1, 0.15) is 51.0 Å². The second-order valence-corrected chi connectivity index (χ2v) is 10.1. The molecule has 0 fully saturated rings. The maximum atomic E-state index is 13.1. The van der Waals surface area contributed by atoms with E-state index in [0.29, 0.717) is 31.3 Å². The summed E-state index contributed by atoms with van der Waals surface area (Å²) in [5, 5.41) is 13.8. The summed E-state index contributed by atoms with van der Waals surface area (Å²) in [5.74, 6) is 1.07. The van der Waals surface area contributed by atoms with E-state index < -0.39 is 0 Å². The van der Waals surface area contributed by atoms with Crippen LogP contribution in [-0.2, 0) is 11.2 Å². The van der Waals surface area contributed by atoms with Gasteiger partial charge in [0, 0.05) is 36.1 Å². The molecule has 3 N–H and O–H groups in total. The van der Waals surface area contributed by atoms with Gasteiger partial charge in [-0.3, -0.25) is 4.90 Å². The molecule has 0 saturated carbocycles. The lowest BCUT2D eigenvalue weighted by Crippen LogP contribution is -2.41. The summed E-state index contributed by atoms with van der Waals surface area (Å²) in [4.78, 5) is 18.5. The van der Waals surface area contributed by atoms with Crippen LogP contribution in [-0.4, -0.2) is 60.5 Å². The van der Waals surface area contributed by atoms with Crippen LogP contribution in [0.15, 0.2) is 42.5 Å². The Morgan fingerprint density at radius 2 is 2.03 bits per heavy atom. The number of ether oxygens (including phenoxy) is 2. The van der Waals surface area contributed by atoms with Crippen LogP contribution in [0.3, 0.4) is 0 Å². The zero-order chi connectivity index (χ0) is 25.5. The Hall–Kier alpha value is -2.74. The van der Waals surface area contributed by atoms with Crippen LogP contribution >= 0.6 is 11.6 Å². The summed E-state index contributed by atoms with van der Waals surface area (Å²) in [6, 6.07) is 13.6. The van der Waals surface area contributed by atoms with Crippen LogP contribution in [0, 0.1) is 5.92 Å². The number of amides is 1. The zero-order valence-corrected chi connectivity index (χ0v) is 21.8. The number of nitrogens with one attached hydrogen (secondary N) is 2. The molecule has 8 heteroatoms. The minimum absolute atomic E-state index is 0. The average Bonchev–Trinajstić information content (AvgIpc) is 3.24. The van der Waals surface area contributed by atoms with Crippen LogP contribution in [0.4, 0.5) is 4.79 Å². The number of aliphatic hydroxyl groups excluding tert-OH is 1. The number of benzene rings is 2. The van der Waals surface area contributed by atoms with Gasteiger partial charge in [-0.15, -0.1) is 0 Å². The first-order valence-electron chi connectivity index (χ1n) is 12.8. The Balaban J connectivity index is 0.00000380. The lowest BCUT2D eigenvalue weighted by Gasteiger charge is -2.35. The van der Waals surface area contributed by atoms with Crippen LogP contribution in [0.5, 0.6) is 5.75 Å². The molecule has 2 aromatic carbocycles. The fourth-order valence-corrected chi connectivity index (χ4v) is 4.79. The number of carbonyl (C=O) groups is 1. The summed E-state index contributed by atoms with van der Waals surface area (Å²) in [6.45, 7) is 7.29. The standard InChI is InChI=1S/C28H36ClN3O4.H2/c1-19(2)18-36-28(34)32-14-11-23-24-17-21(29)7-10-25(24)31-26(23)27(32)20-5-8-22(9-6-20)35-16-4-3-12-30-13-15-33;/h5-10,17,19,27,30-31,33H,3-4,11-16,18H2,1-2H3;1H. The van der Waals surface area contributed by atoms with Crippen molar-refractivity contribution < 1.29 is 20.8 Å². The molecule has 1 aliphatic heterocycles. The molecule has 3 aromatic rings. The van der Waals surface area contributed by atoms with Crippen LogP contribution in [0.2, 0.25) is 5.02 Å². The number of aromatic amines is 1. The molecule has 196 valence electrons. The SMILES string of the molecule is CC(C)COC(=O)N1CCc2c([nH]c3ccc(Cl)cc23)C1c1ccc(OCCCCNCCO)cc1.[HH]. The summed E-state index contributed by atoms with van der Waals surface area (Å²) in [6.07, 6.45) is 2.35. The van der Waals surface area contributed by atoms with Crippen LogP contribution < -0.4 is 10.1 Å². The second-order valence-electron chi connectivity index (χ2n) is 9.62. The fourth-order valence-electron chi connectivity index (χ4n) is 4.62. The summed E-state index contributed by atoms with van der Waals surface area (Å²) in [5.41, 5.74) is 4.21. The first kappa shape index (κ1) is 26.3. The molecule has 1 unspecified atom stereocenters. The van der Waals surface area contributed by atoms with Gasteiger partial charge >= 0.3 is 6.09 Å². The number of aliphatic hydroxyl groups is 1. The number of fused-ring (bicyclic) bond motifs is 3. The largest absolute Gasteiger partial charge is 0.494 e. The normalized spacial score (nSPS) is 15.4. The minimum Gasteiger partial charge on any atom is -0.494 e. The summed E-state index contributed by atoms with van der Waals surface area (Å²) < 4.78 is 11.6. The maximum absolute atomic E-state index is 13.1. The number of unbranched alkanes of at least 4 members (excludes halogenated alkanes) is 1. The Labute approximate surface area is 219 Å². The third-order valence-corrected chi connectivity index (χ3v) is 6.60. The van der Waals surface area contributed by atoms with Gasteiger partial charge in [-0.2, -0.15) is 0 Å².